The Balaban J connectivity index is 1.15. The van der Waals surface area contributed by atoms with Gasteiger partial charge in [0.05, 0.1) is 5.56 Å². The van der Waals surface area contributed by atoms with E-state index in [4.69, 9.17) is 9.47 Å². The van der Waals surface area contributed by atoms with Gasteiger partial charge in [0, 0.05) is 58.2 Å². The Morgan fingerprint density at radius 3 is 2.41 bits per heavy atom. The van der Waals surface area contributed by atoms with Crippen LogP contribution in [-0.2, 0) is 6.54 Å². The fraction of sp³-hybridized carbons (Fsp3) is 0.476. The van der Waals surface area contributed by atoms with E-state index in [-0.39, 0.29) is 5.91 Å². The van der Waals surface area contributed by atoms with E-state index in [2.05, 4.69) is 25.8 Å². The summed E-state index contributed by atoms with van der Waals surface area (Å²) in [4.78, 5) is 28.0. The van der Waals surface area contributed by atoms with Crippen molar-refractivity contribution < 1.29 is 14.3 Å². The molecular weight excluding hydrogens is 370 g/mol. The minimum atomic E-state index is 0.0145. The van der Waals surface area contributed by atoms with E-state index in [1.54, 1.807) is 12.4 Å². The van der Waals surface area contributed by atoms with Gasteiger partial charge in [0.15, 0.2) is 11.5 Å². The number of carbonyl (C=O) groups excluding carboxylic acids is 1. The number of nitrogens with zero attached hydrogens (tertiary/aromatic N) is 5. The molecule has 1 aromatic carbocycles. The number of carbonyl (C=O) groups is 1. The first-order valence-corrected chi connectivity index (χ1v) is 10.2. The van der Waals surface area contributed by atoms with E-state index in [0.717, 1.165) is 50.2 Å². The van der Waals surface area contributed by atoms with Crippen LogP contribution >= 0.6 is 0 Å². The van der Waals surface area contributed by atoms with Crippen LogP contribution in [0.4, 0.5) is 5.95 Å². The molecular formula is C21H25N5O3. The van der Waals surface area contributed by atoms with Crippen molar-refractivity contribution in [2.24, 2.45) is 0 Å². The number of anilines is 1. The van der Waals surface area contributed by atoms with Gasteiger partial charge in [-0.05, 0) is 30.5 Å². The SMILES string of the molecule is O=C(c1cnc(N2CCCC2)nc1)N1CCN(Cc2ccc3c(c2)OCO3)CC1. The molecule has 0 N–H and O–H groups in total. The summed E-state index contributed by atoms with van der Waals surface area (Å²) < 4.78 is 10.8. The molecule has 8 nitrogen and oxygen atoms in total. The van der Waals surface area contributed by atoms with Gasteiger partial charge in [-0.15, -0.1) is 0 Å². The number of hydrogen-bond acceptors (Lipinski definition) is 7. The molecule has 0 bridgehead atoms. The van der Waals surface area contributed by atoms with E-state index < -0.39 is 0 Å². The molecule has 0 radical (unpaired) electrons. The van der Waals surface area contributed by atoms with Crippen molar-refractivity contribution in [2.75, 3.05) is 51.0 Å². The molecule has 0 aliphatic carbocycles. The predicted molar refractivity (Wildman–Crippen MR) is 107 cm³/mol. The van der Waals surface area contributed by atoms with Crippen LogP contribution in [0.15, 0.2) is 30.6 Å². The molecule has 2 saturated heterocycles. The second kappa shape index (κ2) is 7.87. The monoisotopic (exact) mass is 395 g/mol. The second-order valence-electron chi connectivity index (χ2n) is 7.72. The topological polar surface area (TPSA) is 71.0 Å². The molecule has 0 saturated carbocycles. The van der Waals surface area contributed by atoms with Gasteiger partial charge in [-0.1, -0.05) is 6.07 Å². The first-order valence-electron chi connectivity index (χ1n) is 10.2. The lowest BCUT2D eigenvalue weighted by atomic mass is 10.1. The lowest BCUT2D eigenvalue weighted by molar-refractivity contribution is 0.0627. The van der Waals surface area contributed by atoms with Crippen molar-refractivity contribution in [3.8, 4) is 11.5 Å². The Kier molecular flexibility index (Phi) is 4.93. The van der Waals surface area contributed by atoms with Gasteiger partial charge in [0.25, 0.3) is 5.91 Å². The zero-order valence-corrected chi connectivity index (χ0v) is 16.4. The van der Waals surface area contributed by atoms with Crippen LogP contribution in [0.3, 0.4) is 0 Å². The predicted octanol–water partition coefficient (Wildman–Crippen LogP) is 1.76. The minimum Gasteiger partial charge on any atom is -0.454 e. The van der Waals surface area contributed by atoms with Crippen LogP contribution < -0.4 is 14.4 Å². The molecule has 1 aromatic heterocycles. The summed E-state index contributed by atoms with van der Waals surface area (Å²) in [5.41, 5.74) is 1.76. The Morgan fingerprint density at radius 2 is 1.66 bits per heavy atom. The van der Waals surface area contributed by atoms with Gasteiger partial charge < -0.3 is 19.3 Å². The van der Waals surface area contributed by atoms with Gasteiger partial charge in [-0.3, -0.25) is 9.69 Å². The van der Waals surface area contributed by atoms with Crippen molar-refractivity contribution in [1.82, 2.24) is 19.8 Å². The smallest absolute Gasteiger partial charge is 0.257 e. The summed E-state index contributed by atoms with van der Waals surface area (Å²) in [7, 11) is 0. The third-order valence-electron chi connectivity index (χ3n) is 5.78. The summed E-state index contributed by atoms with van der Waals surface area (Å²) in [5, 5.41) is 0. The van der Waals surface area contributed by atoms with E-state index in [9.17, 15) is 4.79 Å². The summed E-state index contributed by atoms with van der Waals surface area (Å²) in [6, 6.07) is 6.08. The van der Waals surface area contributed by atoms with Crippen molar-refractivity contribution >= 4 is 11.9 Å². The lowest BCUT2D eigenvalue weighted by Gasteiger charge is -2.34. The molecule has 152 valence electrons. The third kappa shape index (κ3) is 3.85. The van der Waals surface area contributed by atoms with E-state index in [0.29, 0.717) is 25.4 Å². The minimum absolute atomic E-state index is 0.0145. The van der Waals surface area contributed by atoms with Crippen molar-refractivity contribution in [1.29, 1.82) is 0 Å². The Labute approximate surface area is 170 Å². The molecule has 3 aliphatic rings. The molecule has 5 rings (SSSR count). The zero-order valence-electron chi connectivity index (χ0n) is 16.4. The van der Waals surface area contributed by atoms with E-state index >= 15 is 0 Å². The maximum atomic E-state index is 12.8. The molecule has 8 heteroatoms. The molecule has 0 spiro atoms. The number of amides is 1. The standard InChI is InChI=1S/C21H25N5O3/c27-20(17-12-22-21(23-13-17)26-5-1-2-6-26)25-9-7-24(8-10-25)14-16-3-4-18-19(11-16)29-15-28-18/h3-4,11-13H,1-2,5-10,14-15H2. The summed E-state index contributed by atoms with van der Waals surface area (Å²) in [6.07, 6.45) is 5.70. The van der Waals surface area contributed by atoms with Crippen LogP contribution in [0.1, 0.15) is 28.8 Å². The first kappa shape index (κ1) is 18.2. The number of ether oxygens (including phenoxy) is 2. The molecule has 29 heavy (non-hydrogen) atoms. The quantitative estimate of drug-likeness (QED) is 0.781. The van der Waals surface area contributed by atoms with E-state index in [1.807, 2.05) is 17.0 Å². The van der Waals surface area contributed by atoms with Crippen molar-refractivity contribution in [3.63, 3.8) is 0 Å². The average molecular weight is 395 g/mol. The van der Waals surface area contributed by atoms with Gasteiger partial charge in [0.1, 0.15) is 0 Å². The van der Waals surface area contributed by atoms with Crippen LogP contribution in [0, 0.1) is 0 Å². The maximum absolute atomic E-state index is 12.8. The molecule has 2 fully saturated rings. The van der Waals surface area contributed by atoms with Gasteiger partial charge in [0.2, 0.25) is 12.7 Å². The van der Waals surface area contributed by atoms with Gasteiger partial charge in [-0.2, -0.15) is 0 Å². The fourth-order valence-corrected chi connectivity index (χ4v) is 4.10. The summed E-state index contributed by atoms with van der Waals surface area (Å²) >= 11 is 0. The maximum Gasteiger partial charge on any atom is 0.257 e. The Bertz CT molecular complexity index is 874. The highest BCUT2D eigenvalue weighted by molar-refractivity contribution is 5.93. The van der Waals surface area contributed by atoms with Crippen LogP contribution in [0.5, 0.6) is 11.5 Å². The van der Waals surface area contributed by atoms with Crippen LogP contribution in [-0.4, -0.2) is 71.7 Å². The normalized spacial score (nSPS) is 19.0. The highest BCUT2D eigenvalue weighted by Gasteiger charge is 2.24. The zero-order chi connectivity index (χ0) is 19.6. The van der Waals surface area contributed by atoms with Crippen LogP contribution in [0.25, 0.3) is 0 Å². The van der Waals surface area contributed by atoms with Crippen LogP contribution in [0.2, 0.25) is 0 Å². The second-order valence-corrected chi connectivity index (χ2v) is 7.72. The molecule has 0 atom stereocenters. The number of piperazine rings is 1. The highest BCUT2D eigenvalue weighted by atomic mass is 16.7. The highest BCUT2D eigenvalue weighted by Crippen LogP contribution is 2.32. The summed E-state index contributed by atoms with van der Waals surface area (Å²) in [6.45, 7) is 6.22. The summed E-state index contributed by atoms with van der Waals surface area (Å²) in [5.74, 6) is 2.36. The van der Waals surface area contributed by atoms with Crippen molar-refractivity contribution in [2.45, 2.75) is 19.4 Å². The molecule has 4 heterocycles. The first-order chi connectivity index (χ1) is 14.3. The number of hydrogen-bond donors (Lipinski definition) is 0. The van der Waals surface area contributed by atoms with Crippen molar-refractivity contribution in [3.05, 3.63) is 41.7 Å². The van der Waals surface area contributed by atoms with Gasteiger partial charge in [-0.25, -0.2) is 9.97 Å². The number of benzene rings is 1. The Morgan fingerprint density at radius 1 is 0.931 bits per heavy atom. The Hall–Kier alpha value is -2.87. The number of rotatable bonds is 4. The molecule has 0 unspecified atom stereocenters. The molecule has 2 aromatic rings. The largest absolute Gasteiger partial charge is 0.454 e. The molecule has 3 aliphatic heterocycles. The average Bonchev–Trinajstić information content (AvgIpc) is 3.46. The lowest BCUT2D eigenvalue weighted by Crippen LogP contribution is -2.48. The molecule has 1 amide bonds. The van der Waals surface area contributed by atoms with E-state index in [1.165, 1.54) is 18.4 Å². The third-order valence-corrected chi connectivity index (χ3v) is 5.78. The number of aromatic nitrogens is 2. The van der Waals surface area contributed by atoms with Gasteiger partial charge >= 0.3 is 0 Å². The number of fused-ring (bicyclic) bond motifs is 1. The fourth-order valence-electron chi connectivity index (χ4n) is 4.10.